The van der Waals surface area contributed by atoms with Crippen molar-refractivity contribution in [1.82, 2.24) is 5.32 Å². The van der Waals surface area contributed by atoms with Crippen LogP contribution < -0.4 is 11.1 Å². The lowest BCUT2D eigenvalue weighted by Gasteiger charge is -2.08. The van der Waals surface area contributed by atoms with E-state index in [0.29, 0.717) is 12.6 Å². The Labute approximate surface area is 71.4 Å². The summed E-state index contributed by atoms with van der Waals surface area (Å²) in [6.45, 7) is 3.73. The maximum absolute atomic E-state index is 5.45. The topological polar surface area (TPSA) is 38.0 Å². The van der Waals surface area contributed by atoms with E-state index in [2.05, 4.69) is 29.8 Å². The maximum Gasteiger partial charge on any atom is 0.0302 e. The van der Waals surface area contributed by atoms with Gasteiger partial charge in [0.05, 0.1) is 0 Å². The second-order valence-electron chi connectivity index (χ2n) is 2.60. The zero-order chi connectivity index (χ0) is 8.10. The molecule has 1 atom stereocenters. The Morgan fingerprint density at radius 1 is 1.73 bits per heavy atom. The smallest absolute Gasteiger partial charge is 0.0302 e. The van der Waals surface area contributed by atoms with Gasteiger partial charge in [-0.25, -0.2) is 0 Å². The second-order valence-corrected chi connectivity index (χ2v) is 3.63. The van der Waals surface area contributed by atoms with Gasteiger partial charge in [-0.1, -0.05) is 6.07 Å². The molecule has 62 valence electrons. The molecule has 1 heterocycles. The van der Waals surface area contributed by atoms with Gasteiger partial charge in [-0.15, -0.1) is 11.3 Å². The fourth-order valence-corrected chi connectivity index (χ4v) is 1.43. The summed E-state index contributed by atoms with van der Waals surface area (Å²) < 4.78 is 0. The molecule has 0 saturated heterocycles. The Bertz CT molecular complexity index is 184. The van der Waals surface area contributed by atoms with Crippen LogP contribution in [-0.2, 0) is 6.54 Å². The third-order valence-corrected chi connectivity index (χ3v) is 2.43. The van der Waals surface area contributed by atoms with Crippen LogP contribution in [0.4, 0.5) is 0 Å². The summed E-state index contributed by atoms with van der Waals surface area (Å²) in [5.74, 6) is 0. The van der Waals surface area contributed by atoms with E-state index < -0.39 is 0 Å². The van der Waals surface area contributed by atoms with Crippen LogP contribution in [-0.4, -0.2) is 12.6 Å². The van der Waals surface area contributed by atoms with Crippen molar-refractivity contribution in [3.05, 3.63) is 22.4 Å². The number of rotatable bonds is 4. The summed E-state index contributed by atoms with van der Waals surface area (Å²) in [5.41, 5.74) is 5.45. The van der Waals surface area contributed by atoms with Crippen molar-refractivity contribution in [2.75, 3.05) is 6.54 Å². The average molecular weight is 170 g/mol. The van der Waals surface area contributed by atoms with Crippen LogP contribution in [0.1, 0.15) is 11.8 Å². The molecule has 0 aliphatic carbocycles. The van der Waals surface area contributed by atoms with E-state index in [0.717, 1.165) is 6.54 Å². The van der Waals surface area contributed by atoms with Gasteiger partial charge in [-0.05, 0) is 18.4 Å². The molecule has 0 radical (unpaired) electrons. The third-order valence-electron chi connectivity index (χ3n) is 1.56. The van der Waals surface area contributed by atoms with Crippen LogP contribution in [0.2, 0.25) is 0 Å². The van der Waals surface area contributed by atoms with E-state index in [1.807, 2.05) is 0 Å². The SMILES string of the molecule is C[C@@H](CN)NCc1cccs1. The van der Waals surface area contributed by atoms with Crippen molar-refractivity contribution in [3.8, 4) is 0 Å². The molecule has 0 aliphatic heterocycles. The minimum Gasteiger partial charge on any atom is -0.329 e. The molecule has 0 bridgehead atoms. The molecule has 0 unspecified atom stereocenters. The first-order chi connectivity index (χ1) is 5.33. The summed E-state index contributed by atoms with van der Waals surface area (Å²) in [5, 5.41) is 5.41. The van der Waals surface area contributed by atoms with Gasteiger partial charge >= 0.3 is 0 Å². The van der Waals surface area contributed by atoms with Crippen molar-refractivity contribution in [3.63, 3.8) is 0 Å². The van der Waals surface area contributed by atoms with Crippen molar-refractivity contribution in [2.24, 2.45) is 5.73 Å². The van der Waals surface area contributed by atoms with Crippen molar-refractivity contribution in [2.45, 2.75) is 19.5 Å². The Balaban J connectivity index is 2.23. The summed E-state index contributed by atoms with van der Waals surface area (Å²) in [4.78, 5) is 1.37. The molecule has 1 rings (SSSR count). The van der Waals surface area contributed by atoms with E-state index in [4.69, 9.17) is 5.73 Å². The number of hydrogen-bond donors (Lipinski definition) is 2. The van der Waals surface area contributed by atoms with Gasteiger partial charge in [0, 0.05) is 24.0 Å². The number of thiophene rings is 1. The molecular formula is C8H14N2S. The minimum absolute atomic E-state index is 0.414. The zero-order valence-corrected chi connectivity index (χ0v) is 7.53. The summed E-state index contributed by atoms with van der Waals surface area (Å²) in [6.07, 6.45) is 0. The van der Waals surface area contributed by atoms with Gasteiger partial charge < -0.3 is 11.1 Å². The lowest BCUT2D eigenvalue weighted by Crippen LogP contribution is -2.32. The first-order valence-corrected chi connectivity index (χ1v) is 4.66. The van der Waals surface area contributed by atoms with E-state index in [1.165, 1.54) is 4.88 Å². The fraction of sp³-hybridized carbons (Fsp3) is 0.500. The van der Waals surface area contributed by atoms with Crippen molar-refractivity contribution >= 4 is 11.3 Å². The molecule has 11 heavy (non-hydrogen) atoms. The molecule has 3 heteroatoms. The minimum atomic E-state index is 0.414. The Morgan fingerprint density at radius 2 is 2.55 bits per heavy atom. The lowest BCUT2D eigenvalue weighted by atomic mass is 10.3. The third kappa shape index (κ3) is 3.01. The summed E-state index contributed by atoms with van der Waals surface area (Å²) >= 11 is 1.77. The molecule has 0 saturated carbocycles. The van der Waals surface area contributed by atoms with Crippen molar-refractivity contribution < 1.29 is 0 Å². The second kappa shape index (κ2) is 4.49. The van der Waals surface area contributed by atoms with Gasteiger partial charge in [-0.3, -0.25) is 0 Å². The van der Waals surface area contributed by atoms with Crippen LogP contribution in [0.15, 0.2) is 17.5 Å². The molecule has 1 aromatic rings. The molecule has 0 aromatic carbocycles. The van der Waals surface area contributed by atoms with Gasteiger partial charge in [0.15, 0.2) is 0 Å². The Hall–Kier alpha value is -0.380. The zero-order valence-electron chi connectivity index (χ0n) is 6.71. The molecular weight excluding hydrogens is 156 g/mol. The number of nitrogens with two attached hydrogens (primary N) is 1. The molecule has 1 aromatic heterocycles. The molecule has 0 amide bonds. The highest BCUT2D eigenvalue weighted by Gasteiger charge is 1.97. The van der Waals surface area contributed by atoms with Crippen LogP contribution in [0.25, 0.3) is 0 Å². The maximum atomic E-state index is 5.45. The van der Waals surface area contributed by atoms with E-state index in [9.17, 15) is 0 Å². The van der Waals surface area contributed by atoms with Crippen LogP contribution in [0.3, 0.4) is 0 Å². The molecule has 3 N–H and O–H groups in total. The largest absolute Gasteiger partial charge is 0.329 e. The number of hydrogen-bond acceptors (Lipinski definition) is 3. The Morgan fingerprint density at radius 3 is 3.09 bits per heavy atom. The van der Waals surface area contributed by atoms with Crippen LogP contribution >= 0.6 is 11.3 Å². The van der Waals surface area contributed by atoms with E-state index >= 15 is 0 Å². The lowest BCUT2D eigenvalue weighted by molar-refractivity contribution is 0.560. The molecule has 0 spiro atoms. The molecule has 0 aliphatic rings. The number of nitrogens with one attached hydrogen (secondary N) is 1. The highest BCUT2D eigenvalue weighted by molar-refractivity contribution is 7.09. The standard InChI is InChI=1S/C8H14N2S/c1-7(5-9)10-6-8-3-2-4-11-8/h2-4,7,10H,5-6,9H2,1H3/t7-/m0/s1. The van der Waals surface area contributed by atoms with Crippen molar-refractivity contribution in [1.29, 1.82) is 0 Å². The van der Waals surface area contributed by atoms with Crippen LogP contribution in [0, 0.1) is 0 Å². The first-order valence-electron chi connectivity index (χ1n) is 3.78. The predicted octanol–water partition coefficient (Wildman–Crippen LogP) is 1.18. The normalized spacial score (nSPS) is 13.3. The monoisotopic (exact) mass is 170 g/mol. The van der Waals surface area contributed by atoms with Crippen LogP contribution in [0.5, 0.6) is 0 Å². The quantitative estimate of drug-likeness (QED) is 0.712. The van der Waals surface area contributed by atoms with E-state index in [-0.39, 0.29) is 0 Å². The summed E-state index contributed by atoms with van der Waals surface area (Å²) in [6, 6.07) is 4.60. The predicted molar refractivity (Wildman–Crippen MR) is 49.7 cm³/mol. The Kier molecular flexibility index (Phi) is 3.56. The average Bonchev–Trinajstić information content (AvgIpc) is 2.52. The molecule has 2 nitrogen and oxygen atoms in total. The van der Waals surface area contributed by atoms with Gasteiger partial charge in [0.1, 0.15) is 0 Å². The summed E-state index contributed by atoms with van der Waals surface area (Å²) in [7, 11) is 0. The highest BCUT2D eigenvalue weighted by Crippen LogP contribution is 2.07. The fourth-order valence-electron chi connectivity index (χ4n) is 0.771. The van der Waals surface area contributed by atoms with Gasteiger partial charge in [0.25, 0.3) is 0 Å². The molecule has 0 fully saturated rings. The first kappa shape index (κ1) is 8.71. The van der Waals surface area contributed by atoms with E-state index in [1.54, 1.807) is 11.3 Å². The van der Waals surface area contributed by atoms with Gasteiger partial charge in [0.2, 0.25) is 0 Å². The highest BCUT2D eigenvalue weighted by atomic mass is 32.1. The van der Waals surface area contributed by atoms with Gasteiger partial charge in [-0.2, -0.15) is 0 Å².